The molecule has 0 fully saturated rings. The van der Waals surface area contributed by atoms with E-state index in [9.17, 15) is 9.59 Å². The van der Waals surface area contributed by atoms with Crippen LogP contribution in [0.25, 0.3) is 21.8 Å². The second-order valence-electron chi connectivity index (χ2n) is 5.81. The van der Waals surface area contributed by atoms with Crippen molar-refractivity contribution in [2.24, 2.45) is 7.05 Å². The molecular weight excluding hydrogens is 314 g/mol. The molecule has 0 aliphatic carbocycles. The Morgan fingerprint density at radius 2 is 1.84 bits per heavy atom. The number of nitrogens with one attached hydrogen (secondary N) is 1. The summed E-state index contributed by atoms with van der Waals surface area (Å²) >= 11 is 0. The topological polar surface area (TPSA) is 64.0 Å². The van der Waals surface area contributed by atoms with Crippen LogP contribution in [0, 0.1) is 0 Å². The lowest BCUT2D eigenvalue weighted by Gasteiger charge is -2.11. The van der Waals surface area contributed by atoms with Gasteiger partial charge in [0.1, 0.15) is 0 Å². The lowest BCUT2D eigenvalue weighted by atomic mass is 10.1. The summed E-state index contributed by atoms with van der Waals surface area (Å²) in [4.78, 5) is 29.4. The summed E-state index contributed by atoms with van der Waals surface area (Å²) < 4.78 is 1.53. The Kier molecular flexibility index (Phi) is 3.54. The zero-order valence-electron chi connectivity index (χ0n) is 13.6. The SMILES string of the molecule is Cn1c(=O)cc(C(=O)Nc2cccc3cccnc23)c2ccccc21. The van der Waals surface area contributed by atoms with Gasteiger partial charge >= 0.3 is 0 Å². The highest BCUT2D eigenvalue weighted by atomic mass is 16.2. The fraction of sp³-hybridized carbons (Fsp3) is 0.0500. The molecular formula is C20H15N3O2. The van der Waals surface area contributed by atoms with E-state index in [-0.39, 0.29) is 11.5 Å². The van der Waals surface area contributed by atoms with Gasteiger partial charge in [0.05, 0.1) is 22.3 Å². The number of carbonyl (C=O) groups is 1. The van der Waals surface area contributed by atoms with Gasteiger partial charge < -0.3 is 9.88 Å². The minimum atomic E-state index is -0.327. The zero-order chi connectivity index (χ0) is 17.4. The summed E-state index contributed by atoms with van der Waals surface area (Å²) in [6, 6.07) is 18.1. The smallest absolute Gasteiger partial charge is 0.256 e. The van der Waals surface area contributed by atoms with Gasteiger partial charge in [0.25, 0.3) is 11.5 Å². The van der Waals surface area contributed by atoms with Crippen molar-refractivity contribution < 1.29 is 4.79 Å². The molecule has 0 saturated carbocycles. The molecule has 1 N–H and O–H groups in total. The van der Waals surface area contributed by atoms with Gasteiger partial charge in [0.15, 0.2) is 0 Å². The molecule has 2 aromatic heterocycles. The monoisotopic (exact) mass is 329 g/mol. The van der Waals surface area contributed by atoms with Crippen molar-refractivity contribution in [1.82, 2.24) is 9.55 Å². The van der Waals surface area contributed by atoms with Crippen LogP contribution < -0.4 is 10.9 Å². The number of para-hydroxylation sites is 2. The molecule has 4 rings (SSSR count). The number of aryl methyl sites for hydroxylation is 1. The summed E-state index contributed by atoms with van der Waals surface area (Å²) in [5.74, 6) is -0.327. The Balaban J connectivity index is 1.83. The number of aromatic nitrogens is 2. The van der Waals surface area contributed by atoms with E-state index in [4.69, 9.17) is 0 Å². The van der Waals surface area contributed by atoms with Gasteiger partial charge in [-0.2, -0.15) is 0 Å². The van der Waals surface area contributed by atoms with E-state index in [2.05, 4.69) is 10.3 Å². The van der Waals surface area contributed by atoms with Gasteiger partial charge in [-0.05, 0) is 18.2 Å². The second-order valence-corrected chi connectivity index (χ2v) is 5.81. The van der Waals surface area contributed by atoms with Crippen LogP contribution in [0.4, 0.5) is 5.69 Å². The standard InChI is InChI=1S/C20H15N3O2/c1-23-17-10-3-2-8-14(17)15(12-18(23)24)20(25)22-16-9-4-6-13-7-5-11-21-19(13)16/h2-12H,1H3,(H,22,25). The molecule has 0 aliphatic rings. The molecule has 0 unspecified atom stereocenters. The van der Waals surface area contributed by atoms with Crippen LogP contribution in [0.3, 0.4) is 0 Å². The van der Waals surface area contributed by atoms with Crippen LogP contribution in [0.2, 0.25) is 0 Å². The quantitative estimate of drug-likeness (QED) is 0.613. The molecule has 0 radical (unpaired) electrons. The Morgan fingerprint density at radius 1 is 1.04 bits per heavy atom. The number of amides is 1. The third kappa shape index (κ3) is 2.55. The maximum Gasteiger partial charge on any atom is 0.256 e. The first-order chi connectivity index (χ1) is 12.1. The third-order valence-corrected chi connectivity index (χ3v) is 4.28. The largest absolute Gasteiger partial charge is 0.320 e. The Morgan fingerprint density at radius 3 is 2.72 bits per heavy atom. The first-order valence-corrected chi connectivity index (χ1v) is 7.89. The first kappa shape index (κ1) is 15.1. The average Bonchev–Trinajstić information content (AvgIpc) is 2.65. The second kappa shape index (κ2) is 5.87. The number of rotatable bonds is 2. The predicted octanol–water partition coefficient (Wildman–Crippen LogP) is 3.34. The molecule has 2 aromatic carbocycles. The number of nitrogens with zero attached hydrogens (tertiary/aromatic N) is 2. The van der Waals surface area contributed by atoms with Crippen LogP contribution in [-0.2, 0) is 7.05 Å². The van der Waals surface area contributed by atoms with Crippen molar-refractivity contribution in [2.75, 3.05) is 5.32 Å². The highest BCUT2D eigenvalue weighted by Crippen LogP contribution is 2.23. The molecule has 1 amide bonds. The molecule has 122 valence electrons. The van der Waals surface area contributed by atoms with E-state index in [1.165, 1.54) is 10.6 Å². The summed E-state index contributed by atoms with van der Waals surface area (Å²) in [5.41, 5.74) is 2.18. The highest BCUT2D eigenvalue weighted by Gasteiger charge is 2.14. The normalized spacial score (nSPS) is 10.9. The van der Waals surface area contributed by atoms with Crippen LogP contribution >= 0.6 is 0 Å². The predicted molar refractivity (Wildman–Crippen MR) is 98.9 cm³/mol. The van der Waals surface area contributed by atoms with E-state index >= 15 is 0 Å². The number of anilines is 1. The lowest BCUT2D eigenvalue weighted by molar-refractivity contribution is 0.102. The number of hydrogen-bond donors (Lipinski definition) is 1. The lowest BCUT2D eigenvalue weighted by Crippen LogP contribution is -2.21. The van der Waals surface area contributed by atoms with Crippen LogP contribution in [0.5, 0.6) is 0 Å². The molecule has 2 heterocycles. The molecule has 0 aliphatic heterocycles. The Bertz CT molecular complexity index is 1170. The number of pyridine rings is 2. The van der Waals surface area contributed by atoms with Gasteiger partial charge in [-0.1, -0.05) is 36.4 Å². The van der Waals surface area contributed by atoms with Crippen molar-refractivity contribution >= 4 is 33.4 Å². The van der Waals surface area contributed by atoms with Crippen molar-refractivity contribution in [2.45, 2.75) is 0 Å². The molecule has 0 atom stereocenters. The summed E-state index contributed by atoms with van der Waals surface area (Å²) in [6.45, 7) is 0. The Hall–Kier alpha value is -3.47. The summed E-state index contributed by atoms with van der Waals surface area (Å²) in [7, 11) is 1.70. The first-order valence-electron chi connectivity index (χ1n) is 7.89. The van der Waals surface area contributed by atoms with Crippen molar-refractivity contribution in [3.8, 4) is 0 Å². The minimum Gasteiger partial charge on any atom is -0.320 e. The fourth-order valence-corrected chi connectivity index (χ4v) is 2.99. The maximum atomic E-state index is 12.8. The van der Waals surface area contributed by atoms with Crippen molar-refractivity contribution in [3.05, 3.63) is 82.8 Å². The van der Waals surface area contributed by atoms with Crippen LogP contribution in [0.15, 0.2) is 71.7 Å². The van der Waals surface area contributed by atoms with Gasteiger partial charge in [-0.3, -0.25) is 14.6 Å². The highest BCUT2D eigenvalue weighted by molar-refractivity contribution is 6.14. The minimum absolute atomic E-state index is 0.222. The third-order valence-electron chi connectivity index (χ3n) is 4.28. The van der Waals surface area contributed by atoms with Gasteiger partial charge in [-0.25, -0.2) is 0 Å². The van der Waals surface area contributed by atoms with E-state index < -0.39 is 0 Å². The molecule has 0 bridgehead atoms. The van der Waals surface area contributed by atoms with E-state index in [1.54, 1.807) is 19.3 Å². The maximum absolute atomic E-state index is 12.8. The molecule has 5 nitrogen and oxygen atoms in total. The number of hydrogen-bond acceptors (Lipinski definition) is 3. The van der Waals surface area contributed by atoms with Gasteiger partial charge in [0, 0.05) is 30.1 Å². The Labute approximate surface area is 143 Å². The average molecular weight is 329 g/mol. The molecule has 0 saturated heterocycles. The molecule has 5 heteroatoms. The summed E-state index contributed by atoms with van der Waals surface area (Å²) in [6.07, 6.45) is 1.69. The molecule has 0 spiro atoms. The number of benzene rings is 2. The van der Waals surface area contributed by atoms with Crippen LogP contribution in [0.1, 0.15) is 10.4 Å². The molecule has 25 heavy (non-hydrogen) atoms. The van der Waals surface area contributed by atoms with Crippen LogP contribution in [-0.4, -0.2) is 15.5 Å². The number of carbonyl (C=O) groups excluding carboxylic acids is 1. The van der Waals surface area contributed by atoms with Crippen molar-refractivity contribution in [1.29, 1.82) is 0 Å². The van der Waals surface area contributed by atoms with E-state index in [0.717, 1.165) is 16.3 Å². The zero-order valence-corrected chi connectivity index (χ0v) is 13.6. The van der Waals surface area contributed by atoms with E-state index in [1.807, 2.05) is 48.5 Å². The summed E-state index contributed by atoms with van der Waals surface area (Å²) in [5, 5.41) is 4.56. The van der Waals surface area contributed by atoms with Crippen molar-refractivity contribution in [3.63, 3.8) is 0 Å². The fourth-order valence-electron chi connectivity index (χ4n) is 2.99. The van der Waals surface area contributed by atoms with Gasteiger partial charge in [0.2, 0.25) is 0 Å². The number of fused-ring (bicyclic) bond motifs is 2. The van der Waals surface area contributed by atoms with Gasteiger partial charge in [-0.15, -0.1) is 0 Å². The van der Waals surface area contributed by atoms with E-state index in [0.29, 0.717) is 16.8 Å². The molecule has 4 aromatic rings.